The smallest absolute Gasteiger partial charge is 0.152 e. The van der Waals surface area contributed by atoms with Gasteiger partial charge in [-0.2, -0.15) is 0 Å². The van der Waals surface area contributed by atoms with Gasteiger partial charge in [-0.25, -0.2) is 18.7 Å². The molecule has 0 aliphatic rings. The van der Waals surface area contributed by atoms with Crippen LogP contribution in [0.1, 0.15) is 11.4 Å². The minimum Gasteiger partial charge on any atom is -0.497 e. The van der Waals surface area contributed by atoms with E-state index < -0.39 is 11.6 Å². The number of halogens is 2. The monoisotopic (exact) mass is 315 g/mol. The molecular weight excluding hydrogens is 300 g/mol. The molecule has 1 N–H and O–H groups in total. The van der Waals surface area contributed by atoms with Crippen LogP contribution in [-0.4, -0.2) is 17.1 Å². The molecule has 0 aliphatic heterocycles. The van der Waals surface area contributed by atoms with Crippen molar-refractivity contribution in [1.82, 2.24) is 9.97 Å². The fourth-order valence-electron chi connectivity index (χ4n) is 2.33. The fourth-order valence-corrected chi connectivity index (χ4v) is 2.33. The maximum absolute atomic E-state index is 13.9. The molecule has 0 spiro atoms. The van der Waals surface area contributed by atoms with Gasteiger partial charge in [0, 0.05) is 18.0 Å². The fraction of sp³-hybridized carbons (Fsp3) is 0.176. The highest BCUT2D eigenvalue weighted by Gasteiger charge is 2.12. The maximum Gasteiger partial charge on any atom is 0.152 e. The number of methoxy groups -OCH3 is 1. The van der Waals surface area contributed by atoms with Crippen LogP contribution >= 0.6 is 0 Å². The molecule has 0 unspecified atom stereocenters. The molecule has 1 heterocycles. The summed E-state index contributed by atoms with van der Waals surface area (Å²) in [5.41, 5.74) is 1.10. The predicted octanol–water partition coefficient (Wildman–Crippen LogP) is 3.84. The van der Waals surface area contributed by atoms with Crippen molar-refractivity contribution >= 4 is 16.7 Å². The topological polar surface area (TPSA) is 47.0 Å². The number of nitrogens with zero attached hydrogens (tertiary/aromatic N) is 2. The number of fused-ring (bicyclic) bond motifs is 1. The van der Waals surface area contributed by atoms with Gasteiger partial charge in [0.2, 0.25) is 0 Å². The van der Waals surface area contributed by atoms with Crippen LogP contribution in [0.4, 0.5) is 14.6 Å². The third-order valence-electron chi connectivity index (χ3n) is 3.45. The van der Waals surface area contributed by atoms with E-state index in [0.29, 0.717) is 23.6 Å². The molecule has 1 aromatic heterocycles. The number of aromatic nitrogens is 2. The average Bonchev–Trinajstić information content (AvgIpc) is 2.54. The highest BCUT2D eigenvalue weighted by molar-refractivity contribution is 5.89. The Kier molecular flexibility index (Phi) is 4.06. The van der Waals surface area contributed by atoms with Gasteiger partial charge in [0.25, 0.3) is 0 Å². The first kappa shape index (κ1) is 15.1. The van der Waals surface area contributed by atoms with E-state index in [1.54, 1.807) is 14.0 Å². The average molecular weight is 315 g/mol. The number of hydrogen-bond acceptors (Lipinski definition) is 4. The van der Waals surface area contributed by atoms with E-state index >= 15 is 0 Å². The lowest BCUT2D eigenvalue weighted by Gasteiger charge is -2.11. The number of hydrogen-bond donors (Lipinski definition) is 1. The molecule has 4 nitrogen and oxygen atoms in total. The van der Waals surface area contributed by atoms with E-state index in [9.17, 15) is 8.78 Å². The van der Waals surface area contributed by atoms with Crippen molar-refractivity contribution < 1.29 is 13.5 Å². The van der Waals surface area contributed by atoms with E-state index in [1.165, 1.54) is 6.07 Å². The number of benzene rings is 2. The third kappa shape index (κ3) is 3.21. The van der Waals surface area contributed by atoms with Crippen molar-refractivity contribution in [1.29, 1.82) is 0 Å². The van der Waals surface area contributed by atoms with Gasteiger partial charge in [-0.3, -0.25) is 0 Å². The van der Waals surface area contributed by atoms with Crippen LogP contribution in [0.25, 0.3) is 10.9 Å². The maximum atomic E-state index is 13.9. The summed E-state index contributed by atoms with van der Waals surface area (Å²) in [6, 6.07) is 9.56. The van der Waals surface area contributed by atoms with Crippen LogP contribution < -0.4 is 10.1 Å². The third-order valence-corrected chi connectivity index (χ3v) is 3.45. The molecule has 0 saturated carbocycles. The molecule has 23 heavy (non-hydrogen) atoms. The zero-order valence-corrected chi connectivity index (χ0v) is 12.7. The first-order valence-corrected chi connectivity index (χ1v) is 7.07. The molecule has 0 amide bonds. The van der Waals surface area contributed by atoms with Gasteiger partial charge in [0.15, 0.2) is 5.82 Å². The van der Waals surface area contributed by atoms with Crippen molar-refractivity contribution in [2.45, 2.75) is 13.5 Å². The Morgan fingerprint density at radius 1 is 1.09 bits per heavy atom. The van der Waals surface area contributed by atoms with Crippen LogP contribution in [0.2, 0.25) is 0 Å². The number of aryl methyl sites for hydroxylation is 1. The van der Waals surface area contributed by atoms with Crippen molar-refractivity contribution in [2.75, 3.05) is 12.4 Å². The van der Waals surface area contributed by atoms with Crippen molar-refractivity contribution in [2.24, 2.45) is 0 Å². The number of nitrogens with one attached hydrogen (secondary N) is 1. The summed E-state index contributed by atoms with van der Waals surface area (Å²) in [6.45, 7) is 2.13. The second-order valence-electron chi connectivity index (χ2n) is 5.10. The van der Waals surface area contributed by atoms with Crippen molar-refractivity contribution in [3.8, 4) is 5.75 Å². The van der Waals surface area contributed by atoms with E-state index in [2.05, 4.69) is 15.3 Å². The molecule has 118 valence electrons. The molecule has 0 saturated heterocycles. The van der Waals surface area contributed by atoms with Crippen LogP contribution in [0.5, 0.6) is 5.75 Å². The summed E-state index contributed by atoms with van der Waals surface area (Å²) < 4.78 is 32.5. The minimum atomic E-state index is -0.696. The van der Waals surface area contributed by atoms with Gasteiger partial charge >= 0.3 is 0 Å². The Hall–Kier alpha value is -2.76. The summed E-state index contributed by atoms with van der Waals surface area (Å²) in [7, 11) is 1.60. The summed E-state index contributed by atoms with van der Waals surface area (Å²) in [5.74, 6) is 0.233. The van der Waals surface area contributed by atoms with Crippen LogP contribution in [0, 0.1) is 18.6 Å². The Morgan fingerprint density at radius 2 is 1.83 bits per heavy atom. The molecule has 6 heteroatoms. The summed E-state index contributed by atoms with van der Waals surface area (Å²) in [4.78, 5) is 8.30. The SMILES string of the molecule is COc1ccc(CNc2nc(C)nc3c(F)cc(F)cc23)cc1. The van der Waals surface area contributed by atoms with Gasteiger partial charge in [0.1, 0.15) is 28.7 Å². The summed E-state index contributed by atoms with van der Waals surface area (Å²) in [6.07, 6.45) is 0. The van der Waals surface area contributed by atoms with Crippen molar-refractivity contribution in [3.05, 3.63) is 59.4 Å². The van der Waals surface area contributed by atoms with Gasteiger partial charge in [-0.05, 0) is 30.7 Å². The van der Waals surface area contributed by atoms with Gasteiger partial charge in [0.05, 0.1) is 7.11 Å². The highest BCUT2D eigenvalue weighted by atomic mass is 19.1. The van der Waals surface area contributed by atoms with E-state index in [4.69, 9.17) is 4.74 Å². The largest absolute Gasteiger partial charge is 0.497 e. The molecule has 3 rings (SSSR count). The molecular formula is C17H15F2N3O. The Balaban J connectivity index is 1.92. The van der Waals surface area contributed by atoms with Crippen LogP contribution in [-0.2, 0) is 6.54 Å². The Morgan fingerprint density at radius 3 is 2.52 bits per heavy atom. The number of rotatable bonds is 4. The number of anilines is 1. The first-order valence-electron chi connectivity index (χ1n) is 7.07. The van der Waals surface area contributed by atoms with Gasteiger partial charge in [-0.15, -0.1) is 0 Å². The highest BCUT2D eigenvalue weighted by Crippen LogP contribution is 2.24. The van der Waals surface area contributed by atoms with E-state index in [1.807, 2.05) is 24.3 Å². The standard InChI is InChI=1S/C17H15F2N3O/c1-10-21-16-14(7-12(18)8-15(16)19)17(22-10)20-9-11-3-5-13(23-2)6-4-11/h3-8H,9H2,1-2H3,(H,20,21,22). The number of ether oxygens (including phenoxy) is 1. The normalized spacial score (nSPS) is 10.8. The first-order chi connectivity index (χ1) is 11.1. The van der Waals surface area contributed by atoms with E-state index in [-0.39, 0.29) is 5.52 Å². The predicted molar refractivity (Wildman–Crippen MR) is 84.5 cm³/mol. The van der Waals surface area contributed by atoms with Gasteiger partial charge in [-0.1, -0.05) is 12.1 Å². The zero-order chi connectivity index (χ0) is 16.4. The Bertz CT molecular complexity index is 851. The quantitative estimate of drug-likeness (QED) is 0.795. The molecule has 0 radical (unpaired) electrons. The molecule has 0 bridgehead atoms. The molecule has 3 aromatic rings. The van der Waals surface area contributed by atoms with Crippen molar-refractivity contribution in [3.63, 3.8) is 0 Å². The Labute approximate surface area is 132 Å². The lowest BCUT2D eigenvalue weighted by molar-refractivity contribution is 0.414. The lowest BCUT2D eigenvalue weighted by atomic mass is 10.2. The second-order valence-corrected chi connectivity index (χ2v) is 5.10. The van der Waals surface area contributed by atoms with Crippen LogP contribution in [0.15, 0.2) is 36.4 Å². The molecule has 0 fully saturated rings. The molecule has 0 aliphatic carbocycles. The summed E-state index contributed by atoms with van der Waals surface area (Å²) in [5, 5.41) is 3.43. The van der Waals surface area contributed by atoms with Gasteiger partial charge < -0.3 is 10.1 Å². The van der Waals surface area contributed by atoms with Crippen LogP contribution in [0.3, 0.4) is 0 Å². The lowest BCUT2D eigenvalue weighted by Crippen LogP contribution is -2.05. The zero-order valence-electron chi connectivity index (χ0n) is 12.7. The molecule has 2 aromatic carbocycles. The summed E-state index contributed by atoms with van der Waals surface area (Å²) >= 11 is 0. The molecule has 0 atom stereocenters. The minimum absolute atomic E-state index is 0.108. The second kappa shape index (κ2) is 6.16. The van der Waals surface area contributed by atoms with E-state index in [0.717, 1.165) is 17.4 Å².